The first-order valence-electron chi connectivity index (χ1n) is 13.6. The Bertz CT molecular complexity index is 897. The highest BCUT2D eigenvalue weighted by atomic mass is 16.5. The zero-order valence-corrected chi connectivity index (χ0v) is 23.5. The second-order valence-electron chi connectivity index (χ2n) is 11.5. The maximum atomic E-state index is 14.1. The number of anilines is 1. The average molecular weight is 519 g/mol. The van der Waals surface area contributed by atoms with E-state index >= 15 is 0 Å². The normalized spacial score (nSPS) is 20.7. The second-order valence-corrected chi connectivity index (χ2v) is 11.5. The van der Waals surface area contributed by atoms with E-state index in [0.29, 0.717) is 82.7 Å². The molecule has 37 heavy (non-hydrogen) atoms. The number of nitrogens with one attached hydrogen (secondary N) is 2. The van der Waals surface area contributed by atoms with Crippen molar-refractivity contribution in [3.63, 3.8) is 0 Å². The number of ether oxygens (including phenoxy) is 2. The van der Waals surface area contributed by atoms with Crippen molar-refractivity contribution in [2.75, 3.05) is 71.5 Å². The van der Waals surface area contributed by atoms with Gasteiger partial charge in [0.25, 0.3) is 5.91 Å². The molecule has 0 aromatic carbocycles. The maximum Gasteiger partial charge on any atom is 0.259 e. The van der Waals surface area contributed by atoms with Gasteiger partial charge in [-0.2, -0.15) is 0 Å². The monoisotopic (exact) mass is 518 g/mol. The maximum absolute atomic E-state index is 14.1. The van der Waals surface area contributed by atoms with E-state index in [1.54, 1.807) is 13.3 Å². The lowest BCUT2D eigenvalue weighted by Crippen LogP contribution is -2.56. The van der Waals surface area contributed by atoms with Crippen LogP contribution in [-0.2, 0) is 19.7 Å². The molecule has 2 fully saturated rings. The van der Waals surface area contributed by atoms with Gasteiger partial charge < -0.3 is 29.9 Å². The minimum Gasteiger partial charge on any atom is -0.385 e. The summed E-state index contributed by atoms with van der Waals surface area (Å²) in [4.78, 5) is 40.5. The predicted octanol–water partition coefficient (Wildman–Crippen LogP) is 2.16. The summed E-state index contributed by atoms with van der Waals surface area (Å²) < 4.78 is 10.6. The first-order valence-corrected chi connectivity index (χ1v) is 13.6. The molecule has 3 heterocycles. The number of piperidine rings is 1. The number of morpholine rings is 1. The Hall–Kier alpha value is -2.30. The van der Waals surface area contributed by atoms with Crippen LogP contribution in [-0.4, -0.2) is 104 Å². The average Bonchev–Trinajstić information content (AvgIpc) is 2.89. The second kappa shape index (κ2) is 13.5. The van der Waals surface area contributed by atoms with Crippen molar-refractivity contribution < 1.29 is 19.1 Å². The Labute approximate surface area is 221 Å². The Morgan fingerprint density at radius 1 is 1.27 bits per heavy atom. The molecule has 2 amide bonds. The molecule has 0 saturated carbocycles. The van der Waals surface area contributed by atoms with Gasteiger partial charge in [0.1, 0.15) is 17.2 Å². The number of carbonyl (C=O) groups is 2. The lowest BCUT2D eigenvalue weighted by Gasteiger charge is -2.40. The standard InChI is InChI=1S/C27H46N6O4/c1-19(2)18-33(21-14-20(15-28-16-21)24(34)32-9-12-37-13-10-32)25(35)22-17-30-26(27(3,4)5)31-23(22)29-8-7-11-36-6/h17,19-21,28H,7-16,18H2,1-6H3,(H,29,30,31)/t20-,21-/m0/s1. The van der Waals surface area contributed by atoms with Crippen LogP contribution in [0.15, 0.2) is 6.20 Å². The summed E-state index contributed by atoms with van der Waals surface area (Å²) in [7, 11) is 1.68. The third kappa shape index (κ3) is 8.09. The van der Waals surface area contributed by atoms with Crippen molar-refractivity contribution in [1.82, 2.24) is 25.1 Å². The molecule has 2 atom stereocenters. The van der Waals surface area contributed by atoms with Crippen molar-refractivity contribution >= 4 is 17.6 Å². The molecule has 208 valence electrons. The van der Waals surface area contributed by atoms with Crippen LogP contribution in [0.4, 0.5) is 5.82 Å². The largest absolute Gasteiger partial charge is 0.385 e. The predicted molar refractivity (Wildman–Crippen MR) is 144 cm³/mol. The summed E-state index contributed by atoms with van der Waals surface area (Å²) in [6.45, 7) is 16.0. The Morgan fingerprint density at radius 2 is 2.00 bits per heavy atom. The third-order valence-corrected chi connectivity index (χ3v) is 6.77. The Morgan fingerprint density at radius 3 is 2.65 bits per heavy atom. The van der Waals surface area contributed by atoms with Gasteiger partial charge in [-0.1, -0.05) is 34.6 Å². The van der Waals surface area contributed by atoms with Gasteiger partial charge in [-0.05, 0) is 18.8 Å². The number of carbonyl (C=O) groups excluding carboxylic acids is 2. The van der Waals surface area contributed by atoms with Crippen molar-refractivity contribution in [1.29, 1.82) is 0 Å². The summed E-state index contributed by atoms with van der Waals surface area (Å²) in [5, 5.41) is 6.78. The molecule has 1 aromatic heterocycles. The van der Waals surface area contributed by atoms with Gasteiger partial charge in [-0.15, -0.1) is 0 Å². The van der Waals surface area contributed by atoms with Crippen LogP contribution in [0.2, 0.25) is 0 Å². The molecule has 0 bridgehead atoms. The fourth-order valence-corrected chi connectivity index (χ4v) is 4.79. The number of amides is 2. The third-order valence-electron chi connectivity index (χ3n) is 6.77. The summed E-state index contributed by atoms with van der Waals surface area (Å²) >= 11 is 0. The van der Waals surface area contributed by atoms with E-state index in [0.717, 1.165) is 6.42 Å². The fraction of sp³-hybridized carbons (Fsp3) is 0.778. The van der Waals surface area contributed by atoms with Gasteiger partial charge in [0.15, 0.2) is 0 Å². The van der Waals surface area contributed by atoms with Gasteiger partial charge in [0.05, 0.1) is 19.1 Å². The Kier molecular flexibility index (Phi) is 10.7. The zero-order valence-electron chi connectivity index (χ0n) is 23.5. The first kappa shape index (κ1) is 29.3. The molecule has 2 aliphatic rings. The van der Waals surface area contributed by atoms with Crippen LogP contribution in [0.3, 0.4) is 0 Å². The first-order chi connectivity index (χ1) is 17.6. The van der Waals surface area contributed by atoms with E-state index in [2.05, 4.69) is 50.2 Å². The van der Waals surface area contributed by atoms with Crippen molar-refractivity contribution in [2.24, 2.45) is 11.8 Å². The van der Waals surface area contributed by atoms with Gasteiger partial charge in [0, 0.05) is 70.6 Å². The van der Waals surface area contributed by atoms with E-state index in [1.165, 1.54) is 0 Å². The summed E-state index contributed by atoms with van der Waals surface area (Å²) in [6.07, 6.45) is 3.10. The van der Waals surface area contributed by atoms with Crippen LogP contribution in [0.1, 0.15) is 63.6 Å². The zero-order chi connectivity index (χ0) is 27.0. The molecule has 2 aliphatic heterocycles. The van der Waals surface area contributed by atoms with Gasteiger partial charge >= 0.3 is 0 Å². The molecular weight excluding hydrogens is 472 g/mol. The van der Waals surface area contributed by atoms with E-state index < -0.39 is 0 Å². The molecule has 10 nitrogen and oxygen atoms in total. The molecular formula is C27H46N6O4. The highest BCUT2D eigenvalue weighted by Gasteiger charge is 2.36. The fourth-order valence-electron chi connectivity index (χ4n) is 4.79. The number of hydrogen-bond acceptors (Lipinski definition) is 8. The number of methoxy groups -OCH3 is 1. The minimum atomic E-state index is -0.247. The molecule has 1 aromatic rings. The summed E-state index contributed by atoms with van der Waals surface area (Å²) in [6, 6.07) is -0.0951. The van der Waals surface area contributed by atoms with Gasteiger partial charge in [-0.3, -0.25) is 9.59 Å². The van der Waals surface area contributed by atoms with E-state index in [4.69, 9.17) is 14.5 Å². The summed E-state index contributed by atoms with van der Waals surface area (Å²) in [5.41, 5.74) is 0.218. The number of rotatable bonds is 10. The lowest BCUT2D eigenvalue weighted by molar-refractivity contribution is -0.140. The summed E-state index contributed by atoms with van der Waals surface area (Å²) in [5.74, 6) is 1.40. The number of nitrogens with zero attached hydrogens (tertiary/aromatic N) is 4. The van der Waals surface area contributed by atoms with Crippen molar-refractivity contribution in [2.45, 2.75) is 58.9 Å². The van der Waals surface area contributed by atoms with Gasteiger partial charge in [0.2, 0.25) is 5.91 Å². The van der Waals surface area contributed by atoms with Crippen LogP contribution in [0.5, 0.6) is 0 Å². The van der Waals surface area contributed by atoms with E-state index in [9.17, 15) is 9.59 Å². The van der Waals surface area contributed by atoms with E-state index in [1.807, 2.05) is 9.80 Å². The van der Waals surface area contributed by atoms with Crippen molar-refractivity contribution in [3.8, 4) is 0 Å². The molecule has 0 spiro atoms. The Balaban J connectivity index is 1.84. The molecule has 3 rings (SSSR count). The van der Waals surface area contributed by atoms with Crippen LogP contribution in [0, 0.1) is 11.8 Å². The topological polar surface area (TPSA) is 109 Å². The minimum absolute atomic E-state index is 0.0951. The van der Waals surface area contributed by atoms with E-state index in [-0.39, 0.29) is 35.1 Å². The highest BCUT2D eigenvalue weighted by Crippen LogP contribution is 2.26. The number of aromatic nitrogens is 2. The highest BCUT2D eigenvalue weighted by molar-refractivity contribution is 5.98. The molecule has 2 N–H and O–H groups in total. The smallest absolute Gasteiger partial charge is 0.259 e. The van der Waals surface area contributed by atoms with Gasteiger partial charge in [-0.25, -0.2) is 9.97 Å². The molecule has 0 unspecified atom stereocenters. The molecule has 0 radical (unpaired) electrons. The van der Waals surface area contributed by atoms with Crippen LogP contribution < -0.4 is 10.6 Å². The SMILES string of the molecule is COCCCNc1nc(C(C)(C)C)ncc1C(=O)N(CC(C)C)[C@@H]1CNC[C@@H](C(=O)N2CCOCC2)C1. The van der Waals surface area contributed by atoms with Crippen LogP contribution >= 0.6 is 0 Å². The molecule has 0 aliphatic carbocycles. The quantitative estimate of drug-likeness (QED) is 0.454. The van der Waals surface area contributed by atoms with Crippen LogP contribution in [0.25, 0.3) is 0 Å². The van der Waals surface area contributed by atoms with Crippen molar-refractivity contribution in [3.05, 3.63) is 17.6 Å². The number of hydrogen-bond donors (Lipinski definition) is 2. The molecule has 10 heteroatoms. The lowest BCUT2D eigenvalue weighted by atomic mass is 9.92. The molecule has 2 saturated heterocycles.